The second kappa shape index (κ2) is 8.96. The fourth-order valence-electron chi connectivity index (χ4n) is 2.38. The summed E-state index contributed by atoms with van der Waals surface area (Å²) >= 11 is 0. The number of hydrazone groups is 1. The molecule has 1 aromatic carbocycles. The van der Waals surface area contributed by atoms with E-state index in [2.05, 4.69) is 20.6 Å². The van der Waals surface area contributed by atoms with Crippen molar-refractivity contribution in [3.63, 3.8) is 0 Å². The molecule has 25 heavy (non-hydrogen) atoms. The van der Waals surface area contributed by atoms with Crippen molar-refractivity contribution in [2.24, 2.45) is 5.10 Å². The molecule has 0 aliphatic carbocycles. The highest BCUT2D eigenvalue weighted by Gasteiger charge is 2.14. The molecule has 0 radical (unpaired) electrons. The summed E-state index contributed by atoms with van der Waals surface area (Å²) in [6.07, 6.45) is 3.51. The van der Waals surface area contributed by atoms with Crippen molar-refractivity contribution >= 4 is 27.8 Å². The maximum Gasteiger partial charge on any atom is 0.224 e. The summed E-state index contributed by atoms with van der Waals surface area (Å²) in [5.41, 5.74) is 4.84. The molecule has 0 spiro atoms. The zero-order chi connectivity index (χ0) is 18.3. The zero-order valence-electron chi connectivity index (χ0n) is 14.7. The third-order valence-electron chi connectivity index (χ3n) is 4.03. The van der Waals surface area contributed by atoms with Crippen LogP contribution in [-0.2, 0) is 14.8 Å². The van der Waals surface area contributed by atoms with Gasteiger partial charge in [-0.05, 0) is 44.4 Å². The first-order chi connectivity index (χ1) is 11.9. The number of rotatable bonds is 9. The van der Waals surface area contributed by atoms with Crippen LogP contribution in [0.25, 0.3) is 0 Å². The third-order valence-corrected chi connectivity index (χ3v) is 5.88. The van der Waals surface area contributed by atoms with Gasteiger partial charge in [-0.25, -0.2) is 13.1 Å². The minimum Gasteiger partial charge on any atom is -0.326 e. The Labute approximate surface area is 149 Å². The van der Waals surface area contributed by atoms with E-state index in [-0.39, 0.29) is 11.8 Å². The minimum absolute atomic E-state index is 0.0661. The third kappa shape index (κ3) is 6.13. The van der Waals surface area contributed by atoms with E-state index in [1.165, 1.54) is 0 Å². The van der Waals surface area contributed by atoms with Gasteiger partial charge in [0.1, 0.15) is 0 Å². The molecule has 3 N–H and O–H groups in total. The molecule has 138 valence electrons. The van der Waals surface area contributed by atoms with Crippen molar-refractivity contribution < 1.29 is 13.2 Å². The summed E-state index contributed by atoms with van der Waals surface area (Å²) in [6, 6.07) is 7.74. The van der Waals surface area contributed by atoms with Crippen LogP contribution in [-0.4, -0.2) is 38.9 Å². The molecule has 1 amide bonds. The first kappa shape index (κ1) is 19.4. The van der Waals surface area contributed by atoms with Crippen LogP contribution in [0.1, 0.15) is 44.6 Å². The van der Waals surface area contributed by atoms with E-state index in [9.17, 15) is 13.2 Å². The van der Waals surface area contributed by atoms with Crippen molar-refractivity contribution in [3.05, 3.63) is 29.8 Å². The van der Waals surface area contributed by atoms with Gasteiger partial charge in [-0.2, -0.15) is 5.10 Å². The normalized spacial score (nSPS) is 16.8. The zero-order valence-corrected chi connectivity index (χ0v) is 15.5. The van der Waals surface area contributed by atoms with Crippen LogP contribution >= 0.6 is 0 Å². The number of amides is 1. The molecule has 8 heteroatoms. The predicted octanol–water partition coefficient (Wildman–Crippen LogP) is 1.80. The quantitative estimate of drug-likeness (QED) is 0.580. The summed E-state index contributed by atoms with van der Waals surface area (Å²) in [5, 5.41) is 6.42. The Bertz CT molecular complexity index is 699. The van der Waals surface area contributed by atoms with Crippen LogP contribution in [0.15, 0.2) is 29.4 Å². The molecule has 0 aromatic heterocycles. The Morgan fingerprint density at radius 3 is 2.60 bits per heavy atom. The predicted molar refractivity (Wildman–Crippen MR) is 100 cm³/mol. The van der Waals surface area contributed by atoms with Gasteiger partial charge in [-0.1, -0.05) is 12.1 Å². The highest BCUT2D eigenvalue weighted by molar-refractivity contribution is 7.90. The van der Waals surface area contributed by atoms with Gasteiger partial charge in [0.15, 0.2) is 0 Å². The lowest BCUT2D eigenvalue weighted by Crippen LogP contribution is -2.31. The number of unbranched alkanes of at least 4 members (excludes halogenated alkanes) is 1. The molecular formula is C17H26N4O3S. The second-order valence-corrected chi connectivity index (χ2v) is 8.68. The maximum atomic E-state index is 11.9. The average molecular weight is 366 g/mol. The highest BCUT2D eigenvalue weighted by atomic mass is 32.2. The molecule has 2 rings (SSSR count). The number of hydrogen-bond donors (Lipinski definition) is 3. The van der Waals surface area contributed by atoms with Crippen LogP contribution in [0.3, 0.4) is 0 Å². The van der Waals surface area contributed by atoms with Crippen LogP contribution in [0.2, 0.25) is 0 Å². The molecule has 0 saturated heterocycles. The average Bonchev–Trinajstić information content (AvgIpc) is 3.09. The molecule has 1 atom stereocenters. The van der Waals surface area contributed by atoms with Gasteiger partial charge < -0.3 is 10.7 Å². The number of hydrogen-bond acceptors (Lipinski definition) is 5. The molecule has 1 unspecified atom stereocenters. The van der Waals surface area contributed by atoms with E-state index in [4.69, 9.17) is 0 Å². The summed E-state index contributed by atoms with van der Waals surface area (Å²) < 4.78 is 25.7. The second-order valence-electron chi connectivity index (χ2n) is 6.36. The molecule has 1 aliphatic heterocycles. The fourth-order valence-corrected chi connectivity index (χ4v) is 3.14. The van der Waals surface area contributed by atoms with Crippen molar-refractivity contribution in [2.75, 3.05) is 18.4 Å². The fraction of sp³-hybridized carbons (Fsp3) is 0.529. The molecule has 0 bridgehead atoms. The first-order valence-electron chi connectivity index (χ1n) is 8.53. The van der Waals surface area contributed by atoms with Gasteiger partial charge in [0.25, 0.3) is 0 Å². The smallest absolute Gasteiger partial charge is 0.224 e. The summed E-state index contributed by atoms with van der Waals surface area (Å²) in [5.74, 6) is 0.211. The van der Waals surface area contributed by atoms with E-state index in [0.29, 0.717) is 25.8 Å². The number of carbonyl (C=O) groups excluding carboxylic acids is 1. The number of benzene rings is 1. The Kier molecular flexibility index (Phi) is 6.95. The van der Waals surface area contributed by atoms with Crippen LogP contribution in [0.4, 0.5) is 5.69 Å². The van der Waals surface area contributed by atoms with Gasteiger partial charge in [0.2, 0.25) is 15.9 Å². The van der Waals surface area contributed by atoms with Gasteiger partial charge in [-0.15, -0.1) is 0 Å². The Morgan fingerprint density at radius 1 is 1.28 bits per heavy atom. The van der Waals surface area contributed by atoms with Crippen LogP contribution in [0, 0.1) is 0 Å². The van der Waals surface area contributed by atoms with Gasteiger partial charge in [-0.3, -0.25) is 4.79 Å². The lowest BCUT2D eigenvalue weighted by atomic mass is 10.0. The van der Waals surface area contributed by atoms with Crippen molar-refractivity contribution in [2.45, 2.75) is 44.3 Å². The van der Waals surface area contributed by atoms with Crippen molar-refractivity contribution in [3.8, 4) is 0 Å². The summed E-state index contributed by atoms with van der Waals surface area (Å²) in [6.45, 7) is 4.43. The molecule has 1 aromatic rings. The lowest BCUT2D eigenvalue weighted by molar-refractivity contribution is -0.116. The van der Waals surface area contributed by atoms with Crippen LogP contribution < -0.4 is 15.5 Å². The van der Waals surface area contributed by atoms with E-state index in [1.807, 2.05) is 30.5 Å². The van der Waals surface area contributed by atoms with Gasteiger partial charge in [0.05, 0.1) is 5.25 Å². The van der Waals surface area contributed by atoms with Crippen LogP contribution in [0.5, 0.6) is 0 Å². The standard InChI is InChI=1S/C17H26N4O3S/c1-13(2)25(23,24)20-10-4-3-5-17(22)21-16-8-6-14(7-9-16)15-11-18-19-12-15/h6-9,11,13,15,19-20H,3-5,10,12H2,1-2H3,(H,21,22). The largest absolute Gasteiger partial charge is 0.326 e. The summed E-state index contributed by atoms with van der Waals surface area (Å²) in [4.78, 5) is 11.9. The molecular weight excluding hydrogens is 340 g/mol. The lowest BCUT2D eigenvalue weighted by Gasteiger charge is -2.10. The molecule has 7 nitrogen and oxygen atoms in total. The molecule has 1 heterocycles. The number of sulfonamides is 1. The van der Waals surface area contributed by atoms with Crippen molar-refractivity contribution in [1.82, 2.24) is 10.1 Å². The number of nitrogens with one attached hydrogen (secondary N) is 3. The minimum atomic E-state index is -3.22. The maximum absolute atomic E-state index is 11.9. The SMILES string of the molecule is CC(C)S(=O)(=O)NCCCCC(=O)Nc1ccc(C2C=NNC2)cc1. The number of anilines is 1. The Hall–Kier alpha value is -1.93. The van der Waals surface area contributed by atoms with E-state index in [0.717, 1.165) is 17.8 Å². The Balaban J connectivity index is 1.67. The topological polar surface area (TPSA) is 99.7 Å². The van der Waals surface area contributed by atoms with Crippen molar-refractivity contribution in [1.29, 1.82) is 0 Å². The summed E-state index contributed by atoms with van der Waals surface area (Å²) in [7, 11) is -3.22. The highest BCUT2D eigenvalue weighted by Crippen LogP contribution is 2.18. The molecule has 0 saturated carbocycles. The number of carbonyl (C=O) groups is 1. The van der Waals surface area contributed by atoms with E-state index < -0.39 is 15.3 Å². The molecule has 0 fully saturated rings. The van der Waals surface area contributed by atoms with Gasteiger partial charge >= 0.3 is 0 Å². The van der Waals surface area contributed by atoms with Gasteiger partial charge in [0, 0.05) is 37.3 Å². The Morgan fingerprint density at radius 2 is 2.00 bits per heavy atom. The van der Waals surface area contributed by atoms with E-state index in [1.54, 1.807) is 13.8 Å². The number of nitrogens with zero attached hydrogens (tertiary/aromatic N) is 1. The first-order valence-corrected chi connectivity index (χ1v) is 10.1. The monoisotopic (exact) mass is 366 g/mol. The van der Waals surface area contributed by atoms with E-state index >= 15 is 0 Å². The molecule has 1 aliphatic rings.